The van der Waals surface area contributed by atoms with Gasteiger partial charge in [-0.05, 0) is 58.0 Å². The highest BCUT2D eigenvalue weighted by Gasteiger charge is 2.28. The van der Waals surface area contributed by atoms with Crippen molar-refractivity contribution in [3.05, 3.63) is 107 Å². The maximum atomic E-state index is 12.0. The fraction of sp³-hybridized carbons (Fsp3) is 0.179. The zero-order valence-corrected chi connectivity index (χ0v) is 21.2. The van der Waals surface area contributed by atoms with Crippen molar-refractivity contribution in [1.82, 2.24) is 0 Å². The number of nitrogens with two attached hydrogens (primary N) is 2. The second-order valence-corrected chi connectivity index (χ2v) is 11.5. The minimum absolute atomic E-state index is 0.00742. The molecule has 4 N–H and O–H groups in total. The lowest BCUT2D eigenvalue weighted by molar-refractivity contribution is 0.483. The molecular formula is C28H28N4O3S. The van der Waals surface area contributed by atoms with Gasteiger partial charge in [-0.3, -0.25) is 0 Å². The SMILES string of the molecule is CC(C)(C)c1ccc(-c2ccc(N3C(N)=c4ccoc4=NC3c3cccc(S(N)(=O)=O)c3)cc2)cc1. The van der Waals surface area contributed by atoms with E-state index in [0.717, 1.165) is 16.8 Å². The normalized spacial score (nSPS) is 15.9. The Hall–Kier alpha value is -3.88. The van der Waals surface area contributed by atoms with Gasteiger partial charge in [-0.1, -0.05) is 69.3 Å². The van der Waals surface area contributed by atoms with Crippen molar-refractivity contribution in [2.45, 2.75) is 37.2 Å². The Labute approximate surface area is 210 Å². The number of rotatable bonds is 4. The molecule has 0 amide bonds. The highest BCUT2D eigenvalue weighted by atomic mass is 32.2. The van der Waals surface area contributed by atoms with Gasteiger partial charge in [0, 0.05) is 5.69 Å². The number of sulfonamides is 1. The molecule has 8 heteroatoms. The highest BCUT2D eigenvalue weighted by Crippen LogP contribution is 2.34. The molecule has 184 valence electrons. The van der Waals surface area contributed by atoms with Crippen molar-refractivity contribution in [2.75, 3.05) is 4.90 Å². The van der Waals surface area contributed by atoms with Crippen LogP contribution in [0.5, 0.6) is 0 Å². The number of benzene rings is 3. The Balaban J connectivity index is 1.56. The Morgan fingerprint density at radius 2 is 1.56 bits per heavy atom. The van der Waals surface area contributed by atoms with E-state index in [1.807, 2.05) is 29.2 Å². The first-order chi connectivity index (χ1) is 17.0. The van der Waals surface area contributed by atoms with Crippen molar-refractivity contribution < 1.29 is 12.8 Å². The summed E-state index contributed by atoms with van der Waals surface area (Å²) in [5.41, 5.74) is 12.0. The fourth-order valence-electron chi connectivity index (χ4n) is 4.36. The molecule has 5 rings (SSSR count). The fourth-order valence-corrected chi connectivity index (χ4v) is 4.93. The Morgan fingerprint density at radius 1 is 0.917 bits per heavy atom. The third-order valence-electron chi connectivity index (χ3n) is 6.38. The number of hydrogen-bond donors (Lipinski definition) is 2. The molecular weight excluding hydrogens is 472 g/mol. The zero-order valence-electron chi connectivity index (χ0n) is 20.3. The van der Waals surface area contributed by atoms with E-state index < -0.39 is 16.2 Å². The molecule has 1 atom stereocenters. The summed E-state index contributed by atoms with van der Waals surface area (Å²) in [6.07, 6.45) is 0.898. The summed E-state index contributed by atoms with van der Waals surface area (Å²) >= 11 is 0. The van der Waals surface area contributed by atoms with Gasteiger partial charge in [-0.2, -0.15) is 0 Å². The number of nitrogens with zero attached hydrogens (tertiary/aromatic N) is 2. The molecule has 1 unspecified atom stereocenters. The molecule has 1 aliphatic rings. The second-order valence-electron chi connectivity index (χ2n) is 9.89. The summed E-state index contributed by atoms with van der Waals surface area (Å²) < 4.78 is 29.5. The van der Waals surface area contributed by atoms with E-state index >= 15 is 0 Å². The first-order valence-corrected chi connectivity index (χ1v) is 13.1. The predicted octanol–water partition coefficient (Wildman–Crippen LogP) is 3.75. The molecule has 2 heterocycles. The van der Waals surface area contributed by atoms with Crippen molar-refractivity contribution in [3.63, 3.8) is 0 Å². The summed E-state index contributed by atoms with van der Waals surface area (Å²) in [5.74, 6) is 0.460. The van der Waals surface area contributed by atoms with E-state index in [1.165, 1.54) is 24.0 Å². The molecule has 4 aromatic rings. The van der Waals surface area contributed by atoms with Crippen molar-refractivity contribution in [1.29, 1.82) is 0 Å². The van der Waals surface area contributed by atoms with E-state index in [2.05, 4.69) is 45.0 Å². The molecule has 7 nitrogen and oxygen atoms in total. The molecule has 0 radical (unpaired) electrons. The van der Waals surface area contributed by atoms with E-state index in [4.69, 9.17) is 20.3 Å². The van der Waals surface area contributed by atoms with Gasteiger partial charge in [0.15, 0.2) is 6.17 Å². The monoisotopic (exact) mass is 500 g/mol. The van der Waals surface area contributed by atoms with Crippen LogP contribution in [0.4, 0.5) is 5.69 Å². The van der Waals surface area contributed by atoms with Crippen LogP contribution in [0.2, 0.25) is 0 Å². The summed E-state index contributed by atoms with van der Waals surface area (Å²) in [6.45, 7) is 6.59. The van der Waals surface area contributed by atoms with Gasteiger partial charge in [-0.15, -0.1) is 0 Å². The Bertz CT molecular complexity index is 1650. The third-order valence-corrected chi connectivity index (χ3v) is 7.29. The molecule has 0 aliphatic carbocycles. The minimum Gasteiger partial charge on any atom is -0.446 e. The minimum atomic E-state index is -3.88. The van der Waals surface area contributed by atoms with Gasteiger partial charge in [-0.25, -0.2) is 18.5 Å². The van der Waals surface area contributed by atoms with Crippen LogP contribution < -0.4 is 26.5 Å². The molecule has 3 aromatic carbocycles. The number of primary sulfonamides is 1. The highest BCUT2D eigenvalue weighted by molar-refractivity contribution is 7.89. The average molecular weight is 501 g/mol. The first-order valence-electron chi connectivity index (χ1n) is 11.6. The van der Waals surface area contributed by atoms with Gasteiger partial charge in [0.25, 0.3) is 0 Å². The predicted molar refractivity (Wildman–Crippen MR) is 141 cm³/mol. The van der Waals surface area contributed by atoms with Crippen molar-refractivity contribution in [2.24, 2.45) is 15.9 Å². The maximum absolute atomic E-state index is 12.0. The Morgan fingerprint density at radius 3 is 2.17 bits per heavy atom. The molecule has 1 aromatic heterocycles. The number of anilines is 1. The molecule has 0 saturated carbocycles. The number of fused-ring (bicyclic) bond motifs is 1. The quantitative estimate of drug-likeness (QED) is 0.443. The molecule has 36 heavy (non-hydrogen) atoms. The van der Waals surface area contributed by atoms with E-state index in [1.54, 1.807) is 18.2 Å². The van der Waals surface area contributed by atoms with Crippen LogP contribution in [0.15, 0.2) is 99.4 Å². The standard InChI is InChI=1S/C28H28N4O3S/c1-28(2,3)21-11-7-18(8-12-21)19-9-13-22(14-10-19)32-25(29)24-15-16-35-27(24)31-26(32)20-5-4-6-23(17-20)36(30,33)34/h4-17,26H,29H2,1-3H3,(H2,30,33,34). The average Bonchev–Trinajstić information content (AvgIpc) is 3.33. The smallest absolute Gasteiger partial charge is 0.238 e. The lowest BCUT2D eigenvalue weighted by atomic mass is 9.86. The maximum Gasteiger partial charge on any atom is 0.238 e. The van der Waals surface area contributed by atoms with Gasteiger partial charge < -0.3 is 15.1 Å². The summed E-state index contributed by atoms with van der Waals surface area (Å²) in [7, 11) is -3.88. The molecule has 0 saturated heterocycles. The summed E-state index contributed by atoms with van der Waals surface area (Å²) in [6, 6.07) is 24.8. The van der Waals surface area contributed by atoms with Gasteiger partial charge in [0.1, 0.15) is 5.82 Å². The largest absolute Gasteiger partial charge is 0.446 e. The van der Waals surface area contributed by atoms with Gasteiger partial charge in [0.2, 0.25) is 15.6 Å². The molecule has 0 bridgehead atoms. The van der Waals surface area contributed by atoms with Crippen LogP contribution in [0, 0.1) is 0 Å². The molecule has 1 aliphatic heterocycles. The van der Waals surface area contributed by atoms with Crippen LogP contribution in [-0.2, 0) is 15.4 Å². The topological polar surface area (TPSA) is 115 Å². The van der Waals surface area contributed by atoms with Crippen LogP contribution in [0.1, 0.15) is 38.1 Å². The van der Waals surface area contributed by atoms with E-state index in [9.17, 15) is 8.42 Å². The Kier molecular flexibility index (Phi) is 5.73. The zero-order chi connectivity index (χ0) is 25.7. The number of hydrogen-bond acceptors (Lipinski definition) is 6. The summed E-state index contributed by atoms with van der Waals surface area (Å²) in [5, 5.41) is 6.05. The molecule has 0 fully saturated rings. The van der Waals surface area contributed by atoms with Gasteiger partial charge >= 0.3 is 0 Å². The van der Waals surface area contributed by atoms with E-state index in [-0.39, 0.29) is 10.3 Å². The van der Waals surface area contributed by atoms with E-state index in [0.29, 0.717) is 22.2 Å². The lowest BCUT2D eigenvalue weighted by Gasteiger charge is -2.33. The van der Waals surface area contributed by atoms with Crippen LogP contribution >= 0.6 is 0 Å². The number of furan rings is 1. The first kappa shape index (κ1) is 23.8. The third kappa shape index (κ3) is 4.41. The van der Waals surface area contributed by atoms with Crippen molar-refractivity contribution in [3.8, 4) is 11.1 Å². The van der Waals surface area contributed by atoms with Gasteiger partial charge in [0.05, 0.1) is 16.4 Å². The van der Waals surface area contributed by atoms with Crippen LogP contribution in [0.3, 0.4) is 0 Å². The molecule has 0 spiro atoms. The lowest BCUT2D eigenvalue weighted by Crippen LogP contribution is -2.43. The summed E-state index contributed by atoms with van der Waals surface area (Å²) in [4.78, 5) is 6.62. The second kappa shape index (κ2) is 8.65. The van der Waals surface area contributed by atoms with Crippen LogP contribution in [-0.4, -0.2) is 8.42 Å². The van der Waals surface area contributed by atoms with Crippen LogP contribution in [0.25, 0.3) is 16.9 Å². The van der Waals surface area contributed by atoms with Crippen molar-refractivity contribution >= 4 is 21.5 Å².